The Balaban J connectivity index is 5.57. The van der Waals surface area contributed by atoms with Crippen LogP contribution >= 0.6 is 0 Å². The van der Waals surface area contributed by atoms with Crippen molar-refractivity contribution in [3.63, 3.8) is 0 Å². The van der Waals surface area contributed by atoms with E-state index in [4.69, 9.17) is 22.9 Å². The van der Waals surface area contributed by atoms with Gasteiger partial charge in [0.05, 0.1) is 6.04 Å². The van der Waals surface area contributed by atoms with Gasteiger partial charge in [0.2, 0.25) is 23.6 Å². The van der Waals surface area contributed by atoms with Crippen molar-refractivity contribution < 1.29 is 29.1 Å². The molecule has 0 rings (SSSR count). The fraction of sp³-hybridized carbons (Fsp3) is 0.783. The van der Waals surface area contributed by atoms with Gasteiger partial charge >= 0.3 is 5.97 Å². The zero-order valence-corrected chi connectivity index (χ0v) is 21.5. The van der Waals surface area contributed by atoms with Crippen LogP contribution in [-0.2, 0) is 24.0 Å². The maximum absolute atomic E-state index is 13.1. The van der Waals surface area contributed by atoms with Crippen LogP contribution in [0.25, 0.3) is 0 Å². The third kappa shape index (κ3) is 13.4. The molecule has 0 aromatic heterocycles. The molecule has 0 aliphatic rings. The summed E-state index contributed by atoms with van der Waals surface area (Å²) in [4.78, 5) is 61.5. The van der Waals surface area contributed by atoms with E-state index < -0.39 is 53.8 Å². The number of carboxylic acids is 1. The molecule has 0 bridgehead atoms. The van der Waals surface area contributed by atoms with Gasteiger partial charge in [0.15, 0.2) is 0 Å². The predicted octanol–water partition coefficient (Wildman–Crippen LogP) is -1.58. The molecule has 36 heavy (non-hydrogen) atoms. The monoisotopic (exact) mass is 515 g/mol. The van der Waals surface area contributed by atoms with Gasteiger partial charge < -0.3 is 44.0 Å². The summed E-state index contributed by atoms with van der Waals surface area (Å²) >= 11 is 0. The van der Waals surface area contributed by atoms with Crippen molar-refractivity contribution in [3.8, 4) is 0 Å². The number of unbranched alkanes of at least 4 members (excludes halogenated alkanes) is 2. The largest absolute Gasteiger partial charge is 0.480 e. The van der Waals surface area contributed by atoms with Crippen LogP contribution in [-0.4, -0.2) is 72.0 Å². The van der Waals surface area contributed by atoms with Crippen molar-refractivity contribution in [2.45, 2.75) is 95.8 Å². The number of carbonyl (C=O) groups is 5. The quantitative estimate of drug-likeness (QED) is 0.0870. The summed E-state index contributed by atoms with van der Waals surface area (Å²) in [6, 6.07) is -4.24. The smallest absolute Gasteiger partial charge is 0.326 e. The Kier molecular flexibility index (Phi) is 17.1. The van der Waals surface area contributed by atoms with Gasteiger partial charge in [0.1, 0.15) is 18.1 Å². The number of nitrogens with two attached hydrogens (primary N) is 4. The van der Waals surface area contributed by atoms with E-state index in [1.165, 1.54) is 0 Å². The Morgan fingerprint density at radius 3 is 1.64 bits per heavy atom. The minimum absolute atomic E-state index is 0.112. The molecular weight excluding hydrogens is 470 g/mol. The minimum Gasteiger partial charge on any atom is -0.480 e. The predicted molar refractivity (Wildman–Crippen MR) is 135 cm³/mol. The molecule has 0 fully saturated rings. The van der Waals surface area contributed by atoms with E-state index >= 15 is 0 Å². The standard InChI is InChI=1S/C23H45N7O6/c1-3-14(2)19(27)22(34)29-15(8-4-6-12-24)20(32)28-16(10-11-18(26)31)21(33)30-17(23(35)36)9-5-7-13-25/h14-17,19H,3-13,24-25,27H2,1-2H3,(H2,26,31)(H,28,32)(H,29,34)(H,30,33)(H,35,36). The maximum Gasteiger partial charge on any atom is 0.326 e. The van der Waals surface area contributed by atoms with E-state index in [2.05, 4.69) is 16.0 Å². The van der Waals surface area contributed by atoms with Crippen LogP contribution in [0.5, 0.6) is 0 Å². The van der Waals surface area contributed by atoms with Crippen molar-refractivity contribution in [1.82, 2.24) is 16.0 Å². The van der Waals surface area contributed by atoms with Crippen LogP contribution in [0.1, 0.15) is 71.6 Å². The molecule has 0 heterocycles. The van der Waals surface area contributed by atoms with Crippen LogP contribution in [0.4, 0.5) is 0 Å². The summed E-state index contributed by atoms with van der Waals surface area (Å²) in [7, 11) is 0. The van der Waals surface area contributed by atoms with Gasteiger partial charge in [0.25, 0.3) is 0 Å². The molecule has 13 heteroatoms. The molecule has 4 amide bonds. The van der Waals surface area contributed by atoms with Crippen LogP contribution in [0.2, 0.25) is 0 Å². The van der Waals surface area contributed by atoms with Crippen molar-refractivity contribution in [1.29, 1.82) is 0 Å². The number of amides is 4. The van der Waals surface area contributed by atoms with E-state index in [0.29, 0.717) is 45.2 Å². The van der Waals surface area contributed by atoms with Crippen molar-refractivity contribution >= 4 is 29.6 Å². The molecule has 13 nitrogen and oxygen atoms in total. The van der Waals surface area contributed by atoms with Gasteiger partial charge in [-0.2, -0.15) is 0 Å². The van der Waals surface area contributed by atoms with Gasteiger partial charge in [-0.1, -0.05) is 20.3 Å². The van der Waals surface area contributed by atoms with E-state index in [-0.39, 0.29) is 31.6 Å². The maximum atomic E-state index is 13.1. The summed E-state index contributed by atoms with van der Waals surface area (Å²) in [5, 5.41) is 17.0. The highest BCUT2D eigenvalue weighted by molar-refractivity contribution is 5.94. The summed E-state index contributed by atoms with van der Waals surface area (Å²) in [5.41, 5.74) is 22.2. The van der Waals surface area contributed by atoms with E-state index in [1.807, 2.05) is 13.8 Å². The fourth-order valence-electron chi connectivity index (χ4n) is 3.39. The number of hydrogen-bond acceptors (Lipinski definition) is 8. The fourth-order valence-corrected chi connectivity index (χ4v) is 3.39. The number of nitrogens with one attached hydrogen (secondary N) is 3. The lowest BCUT2D eigenvalue weighted by Gasteiger charge is -2.26. The SMILES string of the molecule is CCC(C)C(N)C(=O)NC(CCCCN)C(=O)NC(CCC(N)=O)C(=O)NC(CCCCN)C(=O)O. The van der Waals surface area contributed by atoms with Crippen molar-refractivity contribution in [2.75, 3.05) is 13.1 Å². The number of primary amides is 1. The van der Waals surface area contributed by atoms with Gasteiger partial charge in [0, 0.05) is 6.42 Å². The first-order chi connectivity index (χ1) is 17.0. The van der Waals surface area contributed by atoms with Crippen LogP contribution in [0.15, 0.2) is 0 Å². The Hall–Kier alpha value is -2.77. The van der Waals surface area contributed by atoms with Crippen LogP contribution in [0, 0.1) is 5.92 Å². The zero-order chi connectivity index (χ0) is 27.7. The normalized spacial score (nSPS) is 15.1. The van der Waals surface area contributed by atoms with Gasteiger partial charge in [-0.05, 0) is 64.0 Å². The first-order valence-electron chi connectivity index (χ1n) is 12.6. The average molecular weight is 516 g/mol. The molecule has 12 N–H and O–H groups in total. The molecule has 0 radical (unpaired) electrons. The molecular formula is C23H45N7O6. The van der Waals surface area contributed by atoms with Gasteiger partial charge in [-0.15, -0.1) is 0 Å². The van der Waals surface area contributed by atoms with Crippen molar-refractivity contribution in [3.05, 3.63) is 0 Å². The van der Waals surface area contributed by atoms with E-state index in [9.17, 15) is 29.1 Å². The van der Waals surface area contributed by atoms with Crippen LogP contribution < -0.4 is 38.9 Å². The molecule has 5 unspecified atom stereocenters. The van der Waals surface area contributed by atoms with Crippen molar-refractivity contribution in [2.24, 2.45) is 28.9 Å². The second kappa shape index (κ2) is 18.5. The first kappa shape index (κ1) is 33.2. The second-order valence-electron chi connectivity index (χ2n) is 9.01. The summed E-state index contributed by atoms with van der Waals surface area (Å²) < 4.78 is 0. The minimum atomic E-state index is -1.24. The molecule has 0 aliphatic heterocycles. The van der Waals surface area contributed by atoms with E-state index in [0.717, 1.165) is 0 Å². The third-order valence-corrected chi connectivity index (χ3v) is 6.01. The molecule has 0 aromatic rings. The van der Waals surface area contributed by atoms with E-state index in [1.54, 1.807) is 0 Å². The van der Waals surface area contributed by atoms with Crippen LogP contribution in [0.3, 0.4) is 0 Å². The lowest BCUT2D eigenvalue weighted by molar-refractivity contribution is -0.142. The molecule has 208 valence electrons. The lowest BCUT2D eigenvalue weighted by Crippen LogP contribution is -2.57. The Morgan fingerprint density at radius 2 is 1.19 bits per heavy atom. The summed E-state index contributed by atoms with van der Waals surface area (Å²) in [6.07, 6.45) is 2.94. The number of aliphatic carboxylic acids is 1. The Bertz CT molecular complexity index is 721. The summed E-state index contributed by atoms with van der Waals surface area (Å²) in [6.45, 7) is 4.50. The highest BCUT2D eigenvalue weighted by Gasteiger charge is 2.31. The molecule has 0 saturated heterocycles. The molecule has 0 spiro atoms. The topological polar surface area (TPSA) is 246 Å². The number of rotatable bonds is 20. The summed E-state index contributed by atoms with van der Waals surface area (Å²) in [5.74, 6) is -3.96. The zero-order valence-electron chi connectivity index (χ0n) is 21.5. The molecule has 0 aliphatic carbocycles. The molecule has 5 atom stereocenters. The highest BCUT2D eigenvalue weighted by Crippen LogP contribution is 2.09. The highest BCUT2D eigenvalue weighted by atomic mass is 16.4. The Morgan fingerprint density at radius 1 is 0.750 bits per heavy atom. The second-order valence-corrected chi connectivity index (χ2v) is 9.01. The van der Waals surface area contributed by atoms with Gasteiger partial charge in [-0.25, -0.2) is 4.79 Å². The molecule has 0 saturated carbocycles. The number of hydrogen-bond donors (Lipinski definition) is 8. The first-order valence-corrected chi connectivity index (χ1v) is 12.6. The number of carboxylic acid groups (broad SMARTS) is 1. The number of carbonyl (C=O) groups excluding carboxylic acids is 4. The van der Waals surface area contributed by atoms with Gasteiger partial charge in [-0.3, -0.25) is 19.2 Å². The third-order valence-electron chi connectivity index (χ3n) is 6.01. The Labute approximate surface area is 212 Å². The molecule has 0 aromatic carbocycles. The lowest BCUT2D eigenvalue weighted by atomic mass is 9.98. The average Bonchev–Trinajstić information content (AvgIpc) is 2.83.